The predicted molar refractivity (Wildman–Crippen MR) is 130 cm³/mol. The summed E-state index contributed by atoms with van der Waals surface area (Å²) in [5.41, 5.74) is 1.19. The minimum absolute atomic E-state index is 0. The van der Waals surface area contributed by atoms with Crippen molar-refractivity contribution in [2.45, 2.75) is 26.3 Å². The Morgan fingerprint density at radius 2 is 1.83 bits per heavy atom. The number of ether oxygens (including phenoxy) is 1. The first-order valence-electron chi connectivity index (χ1n) is 9.80. The molecule has 0 amide bonds. The minimum Gasteiger partial charge on any atom is -0.494 e. The van der Waals surface area contributed by atoms with Gasteiger partial charge in [0.15, 0.2) is 5.96 Å². The summed E-state index contributed by atoms with van der Waals surface area (Å²) in [4.78, 5) is 4.26. The fourth-order valence-electron chi connectivity index (χ4n) is 2.98. The second-order valence-electron chi connectivity index (χ2n) is 6.77. The number of nitrogens with one attached hydrogen (secondary N) is 2. The molecule has 0 radical (unpaired) electrons. The fourth-order valence-corrected chi connectivity index (χ4v) is 2.98. The highest BCUT2D eigenvalue weighted by Gasteiger charge is 2.00. The predicted octanol–water partition coefficient (Wildman–Crippen LogP) is 3.99. The number of hydrogen-bond acceptors (Lipinski definition) is 3. The molecule has 1 heterocycles. The molecule has 156 valence electrons. The van der Waals surface area contributed by atoms with E-state index in [2.05, 4.69) is 58.1 Å². The summed E-state index contributed by atoms with van der Waals surface area (Å²) < 4.78 is 7.84. The Bertz CT molecular complexity index is 909. The van der Waals surface area contributed by atoms with Crippen molar-refractivity contribution in [3.05, 3.63) is 60.4 Å². The third-order valence-corrected chi connectivity index (χ3v) is 4.45. The molecule has 0 fully saturated rings. The van der Waals surface area contributed by atoms with Gasteiger partial charge in [0.25, 0.3) is 0 Å². The molecule has 0 saturated carbocycles. The van der Waals surface area contributed by atoms with Gasteiger partial charge in [0.2, 0.25) is 0 Å². The lowest BCUT2D eigenvalue weighted by molar-refractivity contribution is 0.311. The Morgan fingerprint density at radius 3 is 2.55 bits per heavy atom. The fraction of sp³-hybridized carbons (Fsp3) is 0.364. The number of aryl methyl sites for hydroxylation is 2. The van der Waals surface area contributed by atoms with Crippen LogP contribution in [0.1, 0.15) is 18.4 Å². The molecule has 0 saturated heterocycles. The molecule has 0 unspecified atom stereocenters. The first-order chi connectivity index (χ1) is 13.7. The van der Waals surface area contributed by atoms with Gasteiger partial charge < -0.3 is 15.4 Å². The monoisotopic (exact) mass is 507 g/mol. The van der Waals surface area contributed by atoms with Crippen molar-refractivity contribution >= 4 is 40.7 Å². The average Bonchev–Trinajstić information content (AvgIpc) is 3.14. The molecule has 3 rings (SSSR count). The maximum Gasteiger partial charge on any atom is 0.190 e. The van der Waals surface area contributed by atoms with Crippen molar-refractivity contribution < 1.29 is 4.74 Å². The third kappa shape index (κ3) is 7.56. The summed E-state index contributed by atoms with van der Waals surface area (Å²) in [5.74, 6) is 1.73. The maximum absolute atomic E-state index is 5.87. The van der Waals surface area contributed by atoms with Gasteiger partial charge in [-0.1, -0.05) is 30.3 Å². The van der Waals surface area contributed by atoms with Gasteiger partial charge in [-0.15, -0.1) is 24.0 Å². The summed E-state index contributed by atoms with van der Waals surface area (Å²) in [6, 6.07) is 14.5. The van der Waals surface area contributed by atoms with Crippen LogP contribution < -0.4 is 15.4 Å². The summed E-state index contributed by atoms with van der Waals surface area (Å²) in [5, 5.41) is 13.4. The van der Waals surface area contributed by atoms with Crippen molar-refractivity contribution in [1.29, 1.82) is 0 Å². The van der Waals surface area contributed by atoms with Gasteiger partial charge in [0.05, 0.1) is 12.8 Å². The number of aliphatic imine (C=N–C) groups is 1. The van der Waals surface area contributed by atoms with E-state index in [1.54, 1.807) is 7.05 Å². The van der Waals surface area contributed by atoms with Gasteiger partial charge in [-0.2, -0.15) is 5.10 Å². The SMILES string of the molecule is CN=C(NCCCOc1ccc2ccccc2c1)NCCCn1cc(C)cn1.I. The molecule has 0 bridgehead atoms. The van der Waals surface area contributed by atoms with E-state index in [9.17, 15) is 0 Å². The molecule has 2 N–H and O–H groups in total. The van der Waals surface area contributed by atoms with Crippen molar-refractivity contribution in [3.8, 4) is 5.75 Å². The first kappa shape index (κ1) is 23.0. The Kier molecular flexibility index (Phi) is 9.76. The molecule has 7 heteroatoms. The number of aromatic nitrogens is 2. The van der Waals surface area contributed by atoms with Crippen LogP contribution in [0.4, 0.5) is 0 Å². The average molecular weight is 507 g/mol. The molecule has 6 nitrogen and oxygen atoms in total. The van der Waals surface area contributed by atoms with E-state index in [4.69, 9.17) is 4.74 Å². The van der Waals surface area contributed by atoms with Gasteiger partial charge in [-0.05, 0) is 48.2 Å². The Balaban J connectivity index is 0.00000300. The smallest absolute Gasteiger partial charge is 0.190 e. The van der Waals surface area contributed by atoms with Crippen LogP contribution in [-0.4, -0.2) is 42.5 Å². The second kappa shape index (κ2) is 12.3. The largest absolute Gasteiger partial charge is 0.494 e. The number of halogens is 1. The topological polar surface area (TPSA) is 63.5 Å². The zero-order valence-electron chi connectivity index (χ0n) is 17.1. The number of benzene rings is 2. The zero-order chi connectivity index (χ0) is 19.6. The van der Waals surface area contributed by atoms with Gasteiger partial charge in [0.1, 0.15) is 5.75 Å². The molecular formula is C22H30IN5O. The third-order valence-electron chi connectivity index (χ3n) is 4.45. The van der Waals surface area contributed by atoms with Crippen molar-refractivity contribution in [3.63, 3.8) is 0 Å². The Hall–Kier alpha value is -2.29. The van der Waals surface area contributed by atoms with Crippen LogP contribution in [0.15, 0.2) is 59.9 Å². The number of guanidine groups is 1. The standard InChI is InChI=1S/C22H29N5O.HI/c1-18-16-26-27(17-18)13-5-11-24-22(23-2)25-12-6-14-28-21-10-9-19-7-3-4-8-20(19)15-21;/h3-4,7-10,15-17H,5-6,11-14H2,1-2H3,(H2,23,24,25);1H. The van der Waals surface area contributed by atoms with Crippen LogP contribution >= 0.6 is 24.0 Å². The van der Waals surface area contributed by atoms with E-state index >= 15 is 0 Å². The molecule has 0 aliphatic heterocycles. The molecular weight excluding hydrogens is 477 g/mol. The van der Waals surface area contributed by atoms with Crippen LogP contribution in [0.5, 0.6) is 5.75 Å². The van der Waals surface area contributed by atoms with Gasteiger partial charge in [-0.25, -0.2) is 0 Å². The highest BCUT2D eigenvalue weighted by atomic mass is 127. The molecule has 29 heavy (non-hydrogen) atoms. The lowest BCUT2D eigenvalue weighted by Crippen LogP contribution is -2.38. The maximum atomic E-state index is 5.87. The lowest BCUT2D eigenvalue weighted by Gasteiger charge is -2.12. The van der Waals surface area contributed by atoms with Gasteiger partial charge >= 0.3 is 0 Å². The van der Waals surface area contributed by atoms with E-state index in [-0.39, 0.29) is 24.0 Å². The quantitative estimate of drug-likeness (QED) is 0.199. The van der Waals surface area contributed by atoms with Gasteiger partial charge in [0, 0.05) is 32.9 Å². The minimum atomic E-state index is 0. The molecule has 1 aromatic heterocycles. The van der Waals surface area contributed by atoms with E-state index in [0.717, 1.165) is 44.2 Å². The number of rotatable bonds is 9. The van der Waals surface area contributed by atoms with Crippen molar-refractivity contribution in [2.24, 2.45) is 4.99 Å². The molecule has 0 aliphatic carbocycles. The van der Waals surface area contributed by atoms with Crippen LogP contribution in [0, 0.1) is 6.92 Å². The lowest BCUT2D eigenvalue weighted by atomic mass is 10.1. The molecule has 0 aliphatic rings. The zero-order valence-corrected chi connectivity index (χ0v) is 19.4. The second-order valence-corrected chi connectivity index (χ2v) is 6.77. The normalized spacial score (nSPS) is 11.2. The molecule has 0 atom stereocenters. The van der Waals surface area contributed by atoms with Crippen molar-refractivity contribution in [2.75, 3.05) is 26.7 Å². The van der Waals surface area contributed by atoms with Gasteiger partial charge in [-0.3, -0.25) is 9.67 Å². The number of fused-ring (bicyclic) bond motifs is 1. The summed E-state index contributed by atoms with van der Waals surface area (Å²) >= 11 is 0. The van der Waals surface area contributed by atoms with E-state index in [0.29, 0.717) is 6.61 Å². The summed E-state index contributed by atoms with van der Waals surface area (Å²) in [7, 11) is 1.79. The van der Waals surface area contributed by atoms with E-state index in [1.807, 2.05) is 29.1 Å². The molecule has 0 spiro atoms. The summed E-state index contributed by atoms with van der Waals surface area (Å²) in [6.07, 6.45) is 5.84. The van der Waals surface area contributed by atoms with Crippen LogP contribution in [0.3, 0.4) is 0 Å². The molecule has 3 aromatic rings. The number of hydrogen-bond donors (Lipinski definition) is 2. The van der Waals surface area contributed by atoms with E-state index in [1.165, 1.54) is 16.3 Å². The Labute approximate surface area is 189 Å². The van der Waals surface area contributed by atoms with Crippen molar-refractivity contribution in [1.82, 2.24) is 20.4 Å². The highest BCUT2D eigenvalue weighted by Crippen LogP contribution is 2.20. The first-order valence-corrected chi connectivity index (χ1v) is 9.80. The summed E-state index contributed by atoms with van der Waals surface area (Å²) in [6.45, 7) is 5.29. The Morgan fingerprint density at radius 1 is 1.07 bits per heavy atom. The molecule has 2 aromatic carbocycles. The highest BCUT2D eigenvalue weighted by molar-refractivity contribution is 14.0. The van der Waals surface area contributed by atoms with Crippen LogP contribution in [-0.2, 0) is 6.54 Å². The van der Waals surface area contributed by atoms with Crippen LogP contribution in [0.25, 0.3) is 10.8 Å². The number of nitrogens with zero attached hydrogens (tertiary/aromatic N) is 3. The van der Waals surface area contributed by atoms with E-state index < -0.39 is 0 Å². The van der Waals surface area contributed by atoms with Crippen LogP contribution in [0.2, 0.25) is 0 Å².